The van der Waals surface area contributed by atoms with Crippen LogP contribution in [0.3, 0.4) is 0 Å². The van der Waals surface area contributed by atoms with E-state index in [1.807, 2.05) is 18.2 Å². The Hall–Kier alpha value is -3.46. The first-order valence-corrected chi connectivity index (χ1v) is 9.87. The number of aromatic nitrogens is 4. The molecule has 1 saturated heterocycles. The minimum Gasteiger partial charge on any atom is -0.458 e. The van der Waals surface area contributed by atoms with E-state index in [1.54, 1.807) is 22.9 Å². The Morgan fingerprint density at radius 3 is 2.90 bits per heavy atom. The number of halogens is 1. The molecule has 30 heavy (non-hydrogen) atoms. The van der Waals surface area contributed by atoms with Crippen molar-refractivity contribution >= 4 is 41.1 Å². The maximum atomic E-state index is 11.9. The number of fused-ring (bicyclic) bond motifs is 1. The van der Waals surface area contributed by atoms with Crippen LogP contribution in [0, 0.1) is 0 Å². The van der Waals surface area contributed by atoms with Crippen molar-refractivity contribution in [2.45, 2.75) is 31.9 Å². The van der Waals surface area contributed by atoms with Crippen LogP contribution in [-0.4, -0.2) is 37.4 Å². The second-order valence-corrected chi connectivity index (χ2v) is 7.66. The molecule has 1 aliphatic carbocycles. The summed E-state index contributed by atoms with van der Waals surface area (Å²) in [5.74, 6) is -0.207. The summed E-state index contributed by atoms with van der Waals surface area (Å²) in [7, 11) is 0. The molecule has 1 saturated carbocycles. The summed E-state index contributed by atoms with van der Waals surface area (Å²) in [5.41, 5.74) is 2.34. The van der Waals surface area contributed by atoms with Gasteiger partial charge in [0.2, 0.25) is 11.9 Å². The van der Waals surface area contributed by atoms with Crippen molar-refractivity contribution in [2.24, 2.45) is 0 Å². The first-order chi connectivity index (χ1) is 14.5. The van der Waals surface area contributed by atoms with Crippen LogP contribution in [-0.2, 0) is 16.2 Å². The smallest absolute Gasteiger partial charge is 0.322 e. The number of ether oxygens (including phenoxy) is 1. The van der Waals surface area contributed by atoms with Crippen molar-refractivity contribution < 1.29 is 14.3 Å². The third-order valence-electron chi connectivity index (χ3n) is 4.77. The Kier molecular flexibility index (Phi) is 4.59. The topological polar surface area (TPSA) is 111 Å². The number of anilines is 1. The summed E-state index contributed by atoms with van der Waals surface area (Å²) in [4.78, 5) is 32.3. The van der Waals surface area contributed by atoms with Crippen LogP contribution in [0.5, 0.6) is 6.01 Å². The monoisotopic (exact) mass is 424 g/mol. The lowest BCUT2D eigenvalue weighted by molar-refractivity contribution is -0.124. The van der Waals surface area contributed by atoms with Gasteiger partial charge in [-0.3, -0.25) is 14.9 Å². The van der Waals surface area contributed by atoms with Crippen LogP contribution in [0.25, 0.3) is 11.7 Å². The largest absolute Gasteiger partial charge is 0.458 e. The zero-order valence-electron chi connectivity index (χ0n) is 15.8. The van der Waals surface area contributed by atoms with Gasteiger partial charge >= 0.3 is 6.01 Å². The first-order valence-electron chi connectivity index (χ1n) is 9.49. The fourth-order valence-electron chi connectivity index (χ4n) is 3.13. The Morgan fingerprint density at radius 2 is 2.17 bits per heavy atom. The van der Waals surface area contributed by atoms with E-state index in [2.05, 4.69) is 25.7 Å². The molecule has 5 rings (SSSR count). The molecule has 0 spiro atoms. The predicted molar refractivity (Wildman–Crippen MR) is 109 cm³/mol. The summed E-state index contributed by atoms with van der Waals surface area (Å²) in [6, 6.07) is 7.87. The molecule has 152 valence electrons. The van der Waals surface area contributed by atoms with E-state index in [-0.39, 0.29) is 24.9 Å². The molecule has 2 aliphatic rings. The summed E-state index contributed by atoms with van der Waals surface area (Å²) >= 11 is 6.03. The minimum absolute atomic E-state index is 0.0343. The summed E-state index contributed by atoms with van der Waals surface area (Å²) in [5, 5.41) is 10.6. The maximum Gasteiger partial charge on any atom is 0.322 e. The maximum absolute atomic E-state index is 11.9. The fraction of sp³-hybridized carbons (Fsp3) is 0.250. The zero-order chi connectivity index (χ0) is 20.7. The number of hydrogen-bond acceptors (Lipinski definition) is 7. The average molecular weight is 425 g/mol. The van der Waals surface area contributed by atoms with Gasteiger partial charge in [-0.1, -0.05) is 23.7 Å². The van der Waals surface area contributed by atoms with E-state index in [0.29, 0.717) is 33.8 Å². The highest BCUT2D eigenvalue weighted by Crippen LogP contribution is 2.26. The lowest BCUT2D eigenvalue weighted by Gasteiger charge is -2.10. The van der Waals surface area contributed by atoms with Crippen molar-refractivity contribution in [3.05, 3.63) is 52.2 Å². The molecule has 1 aromatic carbocycles. The van der Waals surface area contributed by atoms with Gasteiger partial charge in [-0.05, 0) is 36.6 Å². The van der Waals surface area contributed by atoms with E-state index in [9.17, 15) is 9.59 Å². The molecular formula is C20H17ClN6O3. The van der Waals surface area contributed by atoms with E-state index >= 15 is 0 Å². The third kappa shape index (κ3) is 3.84. The van der Waals surface area contributed by atoms with Crippen molar-refractivity contribution in [1.82, 2.24) is 24.9 Å². The second-order valence-electron chi connectivity index (χ2n) is 7.23. The lowest BCUT2D eigenvalue weighted by Crippen LogP contribution is -2.19. The van der Waals surface area contributed by atoms with Gasteiger partial charge in [0.05, 0.1) is 12.6 Å². The normalized spacial score (nSPS) is 17.6. The molecule has 9 nitrogen and oxygen atoms in total. The number of carbonyl (C=O) groups is 2. The molecule has 2 fully saturated rings. The molecule has 0 unspecified atom stereocenters. The molecular weight excluding hydrogens is 408 g/mol. The summed E-state index contributed by atoms with van der Waals surface area (Å²) < 4.78 is 7.39. The van der Waals surface area contributed by atoms with Crippen molar-refractivity contribution in [2.75, 3.05) is 5.32 Å². The van der Waals surface area contributed by atoms with Gasteiger partial charge in [0.15, 0.2) is 5.65 Å². The lowest BCUT2D eigenvalue weighted by atomic mass is 10.1. The Morgan fingerprint density at radius 1 is 1.30 bits per heavy atom. The number of imide groups is 1. The number of hydrogen-bond donors (Lipinski definition) is 2. The number of carbonyl (C=O) groups excluding carboxylic acids is 2. The van der Waals surface area contributed by atoms with Crippen LogP contribution in [0.4, 0.5) is 5.95 Å². The van der Waals surface area contributed by atoms with Crippen molar-refractivity contribution in [3.63, 3.8) is 0 Å². The number of amides is 2. The van der Waals surface area contributed by atoms with Crippen molar-refractivity contribution in [1.29, 1.82) is 0 Å². The van der Waals surface area contributed by atoms with Gasteiger partial charge in [-0.25, -0.2) is 0 Å². The average Bonchev–Trinajstić information content (AvgIpc) is 3.35. The molecule has 10 heteroatoms. The molecule has 2 amide bonds. The van der Waals surface area contributed by atoms with E-state index < -0.39 is 5.91 Å². The highest BCUT2D eigenvalue weighted by molar-refractivity contribution is 6.30. The van der Waals surface area contributed by atoms with E-state index in [0.717, 1.165) is 18.4 Å². The number of benzene rings is 1. The molecule has 0 radical (unpaired) electrons. The van der Waals surface area contributed by atoms with Crippen LogP contribution < -0.4 is 15.4 Å². The van der Waals surface area contributed by atoms with Crippen LogP contribution in [0.1, 0.15) is 30.4 Å². The molecule has 3 heterocycles. The minimum atomic E-state index is -0.401. The molecule has 2 aromatic heterocycles. The second kappa shape index (κ2) is 7.42. The molecule has 0 atom stereocenters. The molecule has 1 aliphatic heterocycles. The van der Waals surface area contributed by atoms with Crippen LogP contribution in [0.15, 0.2) is 36.0 Å². The van der Waals surface area contributed by atoms with Gasteiger partial charge < -0.3 is 10.1 Å². The van der Waals surface area contributed by atoms with Gasteiger partial charge in [0.1, 0.15) is 6.61 Å². The Bertz CT molecular complexity index is 1200. The summed E-state index contributed by atoms with van der Waals surface area (Å²) in [6.45, 7) is 0.251. The van der Waals surface area contributed by atoms with E-state index in [1.165, 1.54) is 0 Å². The SMILES string of the molecule is O=C1C/C(=C\c2cnn3c(NC4CC4)nc(OCc4cccc(Cl)c4)nc23)C(=O)N1. The first kappa shape index (κ1) is 18.6. The fourth-order valence-corrected chi connectivity index (χ4v) is 3.34. The van der Waals surface area contributed by atoms with Gasteiger partial charge in [-0.2, -0.15) is 19.6 Å². The molecule has 3 aromatic rings. The highest BCUT2D eigenvalue weighted by Gasteiger charge is 2.26. The van der Waals surface area contributed by atoms with Gasteiger partial charge in [0, 0.05) is 22.2 Å². The molecule has 2 N–H and O–H groups in total. The Balaban J connectivity index is 1.50. The number of rotatable bonds is 6. The molecule has 0 bridgehead atoms. The highest BCUT2D eigenvalue weighted by atomic mass is 35.5. The summed E-state index contributed by atoms with van der Waals surface area (Å²) in [6.07, 6.45) is 5.37. The van der Waals surface area contributed by atoms with Crippen molar-refractivity contribution in [3.8, 4) is 6.01 Å². The third-order valence-corrected chi connectivity index (χ3v) is 5.00. The van der Waals surface area contributed by atoms with Gasteiger partial charge in [0.25, 0.3) is 5.91 Å². The van der Waals surface area contributed by atoms with E-state index in [4.69, 9.17) is 16.3 Å². The van der Waals surface area contributed by atoms with Crippen LogP contribution >= 0.6 is 11.6 Å². The predicted octanol–water partition coefficient (Wildman–Crippen LogP) is 2.36. The van der Waals surface area contributed by atoms with Gasteiger partial charge in [-0.15, -0.1) is 0 Å². The standard InChI is InChI=1S/C20H17ClN6O3/c21-14-3-1-2-11(6-14)10-30-20-25-17-13(7-12-8-16(28)24-18(12)29)9-22-27(17)19(26-20)23-15-4-5-15/h1-3,6-7,9,15H,4-5,8,10H2,(H,23,25,26)(H,24,28,29)/b12-7+. The Labute approximate surface area is 176 Å². The zero-order valence-corrected chi connectivity index (χ0v) is 16.5. The quantitative estimate of drug-likeness (QED) is 0.461. The van der Waals surface area contributed by atoms with Crippen LogP contribution in [0.2, 0.25) is 5.02 Å². The number of nitrogens with one attached hydrogen (secondary N) is 2. The number of nitrogens with zero attached hydrogens (tertiary/aromatic N) is 4.